The molecule has 3 fully saturated rings. The minimum Gasteiger partial charge on any atom is -0.298 e. The number of alkyl halides is 1. The number of halogens is 1. The van der Waals surface area contributed by atoms with Gasteiger partial charge in [0.2, 0.25) is 0 Å². The number of carbonyl (C=O) groups excluding carboxylic acids is 1. The van der Waals surface area contributed by atoms with Crippen molar-refractivity contribution in [2.45, 2.75) is 104 Å². The van der Waals surface area contributed by atoms with Crippen molar-refractivity contribution in [3.05, 3.63) is 11.6 Å². The number of allylic oxidation sites excluding steroid dienone is 2. The van der Waals surface area contributed by atoms with E-state index >= 15 is 0 Å². The van der Waals surface area contributed by atoms with Gasteiger partial charge in [-0.05, 0) is 84.9 Å². The van der Waals surface area contributed by atoms with Gasteiger partial charge in [0.05, 0.1) is 4.83 Å². The first-order chi connectivity index (χ1) is 13.7. The Morgan fingerprint density at radius 3 is 2.59 bits per heavy atom. The zero-order valence-electron chi connectivity index (χ0n) is 19.5. The number of carbonyl (C=O) groups is 1. The molecule has 0 aromatic rings. The summed E-state index contributed by atoms with van der Waals surface area (Å²) in [6.07, 6.45) is 15.4. The Labute approximate surface area is 188 Å². The van der Waals surface area contributed by atoms with Crippen LogP contribution in [0.2, 0.25) is 0 Å². The van der Waals surface area contributed by atoms with Gasteiger partial charge in [0.25, 0.3) is 0 Å². The number of ketones is 1. The highest BCUT2D eigenvalue weighted by Crippen LogP contribution is 2.67. The molecular weight excluding hydrogens is 420 g/mol. The maximum atomic E-state index is 12.6. The predicted molar refractivity (Wildman–Crippen MR) is 126 cm³/mol. The van der Waals surface area contributed by atoms with Crippen molar-refractivity contribution in [1.82, 2.24) is 0 Å². The Bertz CT molecular complexity index is 665. The molecule has 0 aromatic carbocycles. The maximum Gasteiger partial charge on any atom is 0.147 e. The van der Waals surface area contributed by atoms with Crippen LogP contribution in [-0.4, -0.2) is 10.6 Å². The highest BCUT2D eigenvalue weighted by Gasteiger charge is 2.59. The summed E-state index contributed by atoms with van der Waals surface area (Å²) in [5.74, 6) is 5.50. The SMILES string of the molecule is CC(C)CCCC(C)C1CCC2C3CC=C4CC(Br)C(=O)CC4(C)C3CCC12C. The van der Waals surface area contributed by atoms with Crippen molar-refractivity contribution >= 4 is 21.7 Å². The van der Waals surface area contributed by atoms with Crippen molar-refractivity contribution in [2.75, 3.05) is 0 Å². The molecule has 8 unspecified atom stereocenters. The molecule has 1 nitrogen and oxygen atoms in total. The Hall–Kier alpha value is -0.110. The maximum absolute atomic E-state index is 12.6. The molecule has 4 rings (SSSR count). The van der Waals surface area contributed by atoms with Crippen LogP contribution in [0.5, 0.6) is 0 Å². The van der Waals surface area contributed by atoms with Gasteiger partial charge in [-0.2, -0.15) is 0 Å². The van der Waals surface area contributed by atoms with Gasteiger partial charge in [0.15, 0.2) is 0 Å². The van der Waals surface area contributed by atoms with Gasteiger partial charge >= 0.3 is 0 Å². The first kappa shape index (κ1) is 22.1. The van der Waals surface area contributed by atoms with E-state index in [4.69, 9.17) is 0 Å². The number of hydrogen-bond acceptors (Lipinski definition) is 1. The molecule has 0 heterocycles. The summed E-state index contributed by atoms with van der Waals surface area (Å²) >= 11 is 3.64. The van der Waals surface area contributed by atoms with Crippen LogP contribution in [0.15, 0.2) is 11.6 Å². The molecule has 4 aliphatic carbocycles. The van der Waals surface area contributed by atoms with Gasteiger partial charge in [0, 0.05) is 6.42 Å². The molecule has 0 N–H and O–H groups in total. The molecule has 0 saturated heterocycles. The van der Waals surface area contributed by atoms with E-state index in [9.17, 15) is 4.79 Å². The zero-order chi connectivity index (χ0) is 21.0. The normalized spacial score (nSPS) is 45.4. The third-order valence-corrected chi connectivity index (χ3v) is 11.0. The average Bonchev–Trinajstić information content (AvgIpc) is 3.00. The van der Waals surface area contributed by atoms with Gasteiger partial charge in [-0.15, -0.1) is 0 Å². The molecule has 0 bridgehead atoms. The van der Waals surface area contributed by atoms with E-state index in [1.807, 2.05) is 0 Å². The molecule has 3 saturated carbocycles. The summed E-state index contributed by atoms with van der Waals surface area (Å²) < 4.78 is 0. The zero-order valence-corrected chi connectivity index (χ0v) is 21.1. The molecule has 8 atom stereocenters. The van der Waals surface area contributed by atoms with Crippen molar-refractivity contribution in [3.8, 4) is 0 Å². The van der Waals surface area contributed by atoms with Crippen molar-refractivity contribution < 1.29 is 4.79 Å². The summed E-state index contributed by atoms with van der Waals surface area (Å²) in [5.41, 5.74) is 2.28. The third kappa shape index (κ3) is 3.72. The van der Waals surface area contributed by atoms with Crippen LogP contribution in [0.25, 0.3) is 0 Å². The number of Topliss-reactive ketones (excluding diaryl/α,β-unsaturated/α-hetero) is 1. The van der Waals surface area contributed by atoms with E-state index in [1.165, 1.54) is 51.4 Å². The van der Waals surface area contributed by atoms with Gasteiger partial charge in [-0.1, -0.05) is 81.5 Å². The largest absolute Gasteiger partial charge is 0.298 e. The summed E-state index contributed by atoms with van der Waals surface area (Å²) in [6.45, 7) is 12.4. The Morgan fingerprint density at radius 1 is 1.10 bits per heavy atom. The monoisotopic (exact) mass is 462 g/mol. The number of hydrogen-bond donors (Lipinski definition) is 0. The molecule has 0 spiro atoms. The van der Waals surface area contributed by atoms with E-state index in [1.54, 1.807) is 5.57 Å². The molecule has 0 aliphatic heterocycles. The quantitative estimate of drug-likeness (QED) is 0.298. The Morgan fingerprint density at radius 2 is 1.86 bits per heavy atom. The third-order valence-electron chi connectivity index (χ3n) is 10.1. The van der Waals surface area contributed by atoms with Gasteiger partial charge in [-0.25, -0.2) is 0 Å². The number of rotatable bonds is 5. The lowest BCUT2D eigenvalue weighted by atomic mass is 9.47. The summed E-state index contributed by atoms with van der Waals surface area (Å²) in [7, 11) is 0. The molecule has 0 aromatic heterocycles. The summed E-state index contributed by atoms with van der Waals surface area (Å²) in [5, 5.41) is 0. The fourth-order valence-electron chi connectivity index (χ4n) is 8.52. The fraction of sp³-hybridized carbons (Fsp3) is 0.889. The van der Waals surface area contributed by atoms with E-state index in [2.05, 4.69) is 56.6 Å². The van der Waals surface area contributed by atoms with Crippen LogP contribution >= 0.6 is 15.9 Å². The first-order valence-electron chi connectivity index (χ1n) is 12.5. The fourth-order valence-corrected chi connectivity index (χ4v) is 9.03. The Kier molecular flexibility index (Phi) is 6.17. The first-order valence-corrected chi connectivity index (χ1v) is 13.4. The second-order valence-electron chi connectivity index (χ2n) is 12.1. The van der Waals surface area contributed by atoms with Gasteiger partial charge < -0.3 is 0 Å². The van der Waals surface area contributed by atoms with Gasteiger partial charge in [0.1, 0.15) is 5.78 Å². The van der Waals surface area contributed by atoms with E-state index in [0.717, 1.165) is 48.3 Å². The molecule has 29 heavy (non-hydrogen) atoms. The summed E-state index contributed by atoms with van der Waals surface area (Å²) in [6, 6.07) is 0. The minimum absolute atomic E-state index is 0.0646. The van der Waals surface area contributed by atoms with Crippen LogP contribution < -0.4 is 0 Å². The lowest BCUT2D eigenvalue weighted by Gasteiger charge is -2.58. The molecule has 4 aliphatic rings. The van der Waals surface area contributed by atoms with Crippen LogP contribution in [0.4, 0.5) is 0 Å². The topological polar surface area (TPSA) is 17.1 Å². The highest BCUT2D eigenvalue weighted by molar-refractivity contribution is 9.10. The molecule has 164 valence electrons. The van der Waals surface area contributed by atoms with E-state index in [0.29, 0.717) is 11.2 Å². The standard InChI is InChI=1S/C27H43BrO/c1-17(2)7-6-8-18(3)21-11-12-22-20-10-9-19-15-24(28)25(29)16-27(19,5)23(20)13-14-26(21,22)4/h9,17-18,20-24H,6-8,10-16H2,1-5H3. The van der Waals surface area contributed by atoms with Crippen LogP contribution in [-0.2, 0) is 4.79 Å². The van der Waals surface area contributed by atoms with Crippen molar-refractivity contribution in [1.29, 1.82) is 0 Å². The Balaban J connectivity index is 1.51. The summed E-state index contributed by atoms with van der Waals surface area (Å²) in [4.78, 5) is 12.7. The lowest BCUT2D eigenvalue weighted by Crippen LogP contribution is -2.52. The highest BCUT2D eigenvalue weighted by atomic mass is 79.9. The second-order valence-corrected chi connectivity index (χ2v) is 13.2. The van der Waals surface area contributed by atoms with Gasteiger partial charge in [-0.3, -0.25) is 4.79 Å². The van der Waals surface area contributed by atoms with E-state index < -0.39 is 0 Å². The minimum atomic E-state index is 0.0646. The van der Waals surface area contributed by atoms with Crippen LogP contribution in [0.3, 0.4) is 0 Å². The average molecular weight is 464 g/mol. The lowest BCUT2D eigenvalue weighted by molar-refractivity contribution is -0.124. The van der Waals surface area contributed by atoms with Crippen molar-refractivity contribution in [2.24, 2.45) is 46.3 Å². The van der Waals surface area contributed by atoms with E-state index in [-0.39, 0.29) is 10.2 Å². The number of fused-ring (bicyclic) bond motifs is 5. The smallest absolute Gasteiger partial charge is 0.147 e. The van der Waals surface area contributed by atoms with Crippen LogP contribution in [0.1, 0.15) is 98.8 Å². The molecule has 0 amide bonds. The van der Waals surface area contributed by atoms with Crippen LogP contribution in [0, 0.1) is 46.3 Å². The second kappa shape index (κ2) is 8.10. The molecule has 2 heteroatoms. The van der Waals surface area contributed by atoms with Crippen molar-refractivity contribution in [3.63, 3.8) is 0 Å². The molecular formula is C27H43BrO. The predicted octanol–water partition coefficient (Wildman–Crippen LogP) is 7.97. The molecule has 0 radical (unpaired) electrons.